The van der Waals surface area contributed by atoms with Crippen molar-refractivity contribution in [2.45, 2.75) is 6.42 Å². The number of aromatic nitrogens is 1. The van der Waals surface area contributed by atoms with Crippen molar-refractivity contribution >= 4 is 11.6 Å². The van der Waals surface area contributed by atoms with Gasteiger partial charge >= 0.3 is 0 Å². The molecule has 0 bridgehead atoms. The van der Waals surface area contributed by atoms with E-state index in [4.69, 9.17) is 5.11 Å². The number of anilines is 1. The zero-order valence-corrected chi connectivity index (χ0v) is 12.9. The Labute approximate surface area is 137 Å². The van der Waals surface area contributed by atoms with E-state index in [-0.39, 0.29) is 18.9 Å². The summed E-state index contributed by atoms with van der Waals surface area (Å²) in [6.45, 7) is 1.45. The van der Waals surface area contributed by atoms with Crippen LogP contribution in [-0.2, 0) is 11.2 Å². The van der Waals surface area contributed by atoms with Crippen molar-refractivity contribution in [3.05, 3.63) is 47.8 Å². The minimum atomic E-state index is -0.661. The summed E-state index contributed by atoms with van der Waals surface area (Å²) in [4.78, 5) is 18.0. The lowest BCUT2D eigenvalue weighted by Gasteiger charge is -2.18. The number of hydrogen-bond acceptors (Lipinski definition) is 4. The quantitative estimate of drug-likeness (QED) is 0.787. The second kappa shape index (κ2) is 7.02. The molecule has 0 saturated carbocycles. The van der Waals surface area contributed by atoms with Gasteiger partial charge < -0.3 is 15.3 Å². The van der Waals surface area contributed by atoms with E-state index in [0.29, 0.717) is 42.1 Å². The van der Waals surface area contributed by atoms with Gasteiger partial charge in [0.15, 0.2) is 0 Å². The van der Waals surface area contributed by atoms with E-state index in [1.165, 1.54) is 18.3 Å². The van der Waals surface area contributed by atoms with Crippen molar-refractivity contribution in [3.8, 4) is 11.1 Å². The highest BCUT2D eigenvalue weighted by atomic mass is 19.1. The van der Waals surface area contributed by atoms with Crippen LogP contribution in [0.5, 0.6) is 0 Å². The zero-order chi connectivity index (χ0) is 17.1. The number of aliphatic hydroxyl groups excluding tert-OH is 1. The molecule has 1 aliphatic heterocycles. The molecule has 126 valence electrons. The number of amides is 1. The van der Waals surface area contributed by atoms with Gasteiger partial charge in [-0.15, -0.1) is 0 Å². The molecule has 1 aromatic carbocycles. The minimum absolute atomic E-state index is 0.0291. The Kier molecular flexibility index (Phi) is 4.82. The normalized spacial score (nSPS) is 13.5. The molecule has 3 rings (SSSR count). The summed E-state index contributed by atoms with van der Waals surface area (Å²) in [6.07, 6.45) is 1.74. The van der Waals surface area contributed by atoms with Gasteiger partial charge in [0.05, 0.1) is 24.4 Å². The summed E-state index contributed by atoms with van der Waals surface area (Å²) in [6, 6.07) is 5.01. The van der Waals surface area contributed by atoms with Crippen LogP contribution in [0.3, 0.4) is 0 Å². The number of aliphatic hydroxyl groups is 1. The van der Waals surface area contributed by atoms with Gasteiger partial charge in [0, 0.05) is 37.5 Å². The average Bonchev–Trinajstić information content (AvgIpc) is 2.85. The summed E-state index contributed by atoms with van der Waals surface area (Å²) in [5, 5.41) is 11.8. The first-order chi connectivity index (χ1) is 11.6. The first kappa shape index (κ1) is 16.5. The molecule has 0 spiro atoms. The van der Waals surface area contributed by atoms with Crippen LogP contribution in [0.15, 0.2) is 30.5 Å². The lowest BCUT2D eigenvalue weighted by atomic mass is 10.1. The molecule has 0 saturated heterocycles. The summed E-state index contributed by atoms with van der Waals surface area (Å²) in [5.41, 5.74) is 2.24. The van der Waals surface area contributed by atoms with Crippen LogP contribution >= 0.6 is 0 Å². The van der Waals surface area contributed by atoms with Crippen LogP contribution in [0.2, 0.25) is 0 Å². The number of rotatable bonds is 6. The smallest absolute Gasteiger partial charge is 0.233 e. The molecular formula is C17H17F2N3O2. The fraction of sp³-hybridized carbons (Fsp3) is 0.294. The van der Waals surface area contributed by atoms with Gasteiger partial charge in [-0.1, -0.05) is 0 Å². The Morgan fingerprint density at radius 2 is 1.88 bits per heavy atom. The van der Waals surface area contributed by atoms with Crippen molar-refractivity contribution < 1.29 is 18.7 Å². The Hall–Kier alpha value is -2.38. The Morgan fingerprint density at radius 3 is 2.58 bits per heavy atom. The molecule has 24 heavy (non-hydrogen) atoms. The fourth-order valence-corrected chi connectivity index (χ4v) is 2.74. The number of nitrogens with zero attached hydrogens (tertiary/aromatic N) is 2. The largest absolute Gasteiger partial charge is 0.395 e. The fourth-order valence-electron chi connectivity index (χ4n) is 2.74. The summed E-state index contributed by atoms with van der Waals surface area (Å²) < 4.78 is 26.8. The van der Waals surface area contributed by atoms with Gasteiger partial charge in [-0.3, -0.25) is 9.78 Å². The number of fused-ring (bicyclic) bond motifs is 1. The predicted octanol–water partition coefficient (Wildman–Crippen LogP) is 1.50. The summed E-state index contributed by atoms with van der Waals surface area (Å²) in [5.74, 6) is -1.39. The number of halogens is 2. The SMILES string of the molecule is O=C1Cc2ncc(-c3cc(F)cc(F)c3)cc2N1CCNCCO. The first-order valence-corrected chi connectivity index (χ1v) is 7.66. The van der Waals surface area contributed by atoms with E-state index in [1.807, 2.05) is 0 Å². The van der Waals surface area contributed by atoms with Crippen LogP contribution in [0, 0.1) is 11.6 Å². The molecular weight excluding hydrogens is 316 g/mol. The lowest BCUT2D eigenvalue weighted by Crippen LogP contribution is -2.35. The molecule has 5 nitrogen and oxygen atoms in total. The summed E-state index contributed by atoms with van der Waals surface area (Å²) >= 11 is 0. The lowest BCUT2D eigenvalue weighted by molar-refractivity contribution is -0.117. The van der Waals surface area contributed by atoms with Crippen LogP contribution in [-0.4, -0.2) is 42.2 Å². The Balaban J connectivity index is 1.86. The van der Waals surface area contributed by atoms with E-state index in [0.717, 1.165) is 6.07 Å². The number of carbonyl (C=O) groups excluding carboxylic acids is 1. The highest BCUT2D eigenvalue weighted by Gasteiger charge is 2.28. The number of pyridine rings is 1. The molecule has 0 aliphatic carbocycles. The highest BCUT2D eigenvalue weighted by molar-refractivity contribution is 6.01. The van der Waals surface area contributed by atoms with E-state index in [2.05, 4.69) is 10.3 Å². The van der Waals surface area contributed by atoms with E-state index >= 15 is 0 Å². The monoisotopic (exact) mass is 333 g/mol. The number of carbonyl (C=O) groups is 1. The topological polar surface area (TPSA) is 65.5 Å². The van der Waals surface area contributed by atoms with Gasteiger partial charge in [0.2, 0.25) is 5.91 Å². The third-order valence-electron chi connectivity index (χ3n) is 3.85. The third kappa shape index (κ3) is 3.42. The molecule has 0 atom stereocenters. The maximum absolute atomic E-state index is 13.4. The minimum Gasteiger partial charge on any atom is -0.395 e. The maximum atomic E-state index is 13.4. The van der Waals surface area contributed by atoms with Crippen LogP contribution in [0.25, 0.3) is 11.1 Å². The van der Waals surface area contributed by atoms with Gasteiger partial charge in [0.1, 0.15) is 11.6 Å². The van der Waals surface area contributed by atoms with Gasteiger partial charge in [-0.2, -0.15) is 0 Å². The van der Waals surface area contributed by atoms with Crippen LogP contribution in [0.4, 0.5) is 14.5 Å². The molecule has 1 aromatic heterocycles. The van der Waals surface area contributed by atoms with E-state index in [9.17, 15) is 13.6 Å². The molecule has 1 amide bonds. The molecule has 2 N–H and O–H groups in total. The van der Waals surface area contributed by atoms with Gasteiger partial charge in [0.25, 0.3) is 0 Å². The standard InChI is InChI=1S/C17H17F2N3O2/c18-13-5-11(6-14(19)8-13)12-7-16-15(21-10-12)9-17(24)22(16)3-1-20-2-4-23/h5-8,10,20,23H,1-4,9H2. The predicted molar refractivity (Wildman–Crippen MR) is 85.6 cm³/mol. The average molecular weight is 333 g/mol. The molecule has 0 radical (unpaired) electrons. The van der Waals surface area contributed by atoms with Crippen molar-refractivity contribution in [1.29, 1.82) is 0 Å². The molecule has 0 fully saturated rings. The first-order valence-electron chi connectivity index (χ1n) is 7.66. The number of benzene rings is 1. The molecule has 0 unspecified atom stereocenters. The van der Waals surface area contributed by atoms with Crippen LogP contribution < -0.4 is 10.2 Å². The van der Waals surface area contributed by atoms with Crippen molar-refractivity contribution in [1.82, 2.24) is 10.3 Å². The van der Waals surface area contributed by atoms with Crippen LogP contribution in [0.1, 0.15) is 5.69 Å². The van der Waals surface area contributed by atoms with Gasteiger partial charge in [-0.05, 0) is 23.8 Å². The summed E-state index contributed by atoms with van der Waals surface area (Å²) in [7, 11) is 0. The van der Waals surface area contributed by atoms with E-state index < -0.39 is 11.6 Å². The Morgan fingerprint density at radius 1 is 1.12 bits per heavy atom. The third-order valence-corrected chi connectivity index (χ3v) is 3.85. The van der Waals surface area contributed by atoms with Gasteiger partial charge in [-0.25, -0.2) is 8.78 Å². The molecule has 7 heteroatoms. The second-order valence-electron chi connectivity index (χ2n) is 5.54. The van der Waals surface area contributed by atoms with Crippen molar-refractivity contribution in [2.75, 3.05) is 31.1 Å². The highest BCUT2D eigenvalue weighted by Crippen LogP contribution is 2.32. The molecule has 2 heterocycles. The van der Waals surface area contributed by atoms with E-state index in [1.54, 1.807) is 11.0 Å². The maximum Gasteiger partial charge on any atom is 0.233 e. The zero-order valence-electron chi connectivity index (χ0n) is 12.9. The second-order valence-corrected chi connectivity index (χ2v) is 5.54. The number of nitrogens with one attached hydrogen (secondary N) is 1. The molecule has 2 aromatic rings. The number of hydrogen-bond donors (Lipinski definition) is 2. The van der Waals surface area contributed by atoms with Crippen molar-refractivity contribution in [2.24, 2.45) is 0 Å². The molecule has 1 aliphatic rings. The van der Waals surface area contributed by atoms with Crippen molar-refractivity contribution in [3.63, 3.8) is 0 Å². The Bertz CT molecular complexity index is 747.